The first kappa shape index (κ1) is 10.5. The zero-order valence-corrected chi connectivity index (χ0v) is 9.82. The SMILES string of the molecule is Cn1cnnc1Cn1ccc(C(O)C2CC2)c1. The third-order valence-corrected chi connectivity index (χ3v) is 3.31. The van der Waals surface area contributed by atoms with E-state index in [4.69, 9.17) is 0 Å². The Hall–Kier alpha value is -1.62. The normalized spacial score (nSPS) is 17.3. The molecule has 90 valence electrons. The summed E-state index contributed by atoms with van der Waals surface area (Å²) < 4.78 is 3.93. The first-order chi connectivity index (χ1) is 8.24. The van der Waals surface area contributed by atoms with E-state index in [-0.39, 0.29) is 6.10 Å². The van der Waals surface area contributed by atoms with Crippen molar-refractivity contribution in [1.29, 1.82) is 0 Å². The fraction of sp³-hybridized carbons (Fsp3) is 0.500. The van der Waals surface area contributed by atoms with Crippen LogP contribution in [0.2, 0.25) is 0 Å². The minimum Gasteiger partial charge on any atom is -0.388 e. The van der Waals surface area contributed by atoms with Crippen LogP contribution in [0.3, 0.4) is 0 Å². The van der Waals surface area contributed by atoms with E-state index in [2.05, 4.69) is 10.2 Å². The van der Waals surface area contributed by atoms with Gasteiger partial charge in [-0.1, -0.05) is 0 Å². The molecule has 0 spiro atoms. The Balaban J connectivity index is 1.74. The molecule has 1 aliphatic carbocycles. The molecule has 1 N–H and O–H groups in total. The van der Waals surface area contributed by atoms with E-state index in [9.17, 15) is 5.11 Å². The van der Waals surface area contributed by atoms with Crippen LogP contribution in [0.15, 0.2) is 24.8 Å². The summed E-state index contributed by atoms with van der Waals surface area (Å²) in [6.07, 6.45) is 7.67. The van der Waals surface area contributed by atoms with Crippen LogP contribution in [0.1, 0.15) is 30.3 Å². The van der Waals surface area contributed by atoms with Gasteiger partial charge in [0.25, 0.3) is 0 Å². The highest BCUT2D eigenvalue weighted by molar-refractivity contribution is 5.16. The van der Waals surface area contributed by atoms with Crippen LogP contribution in [0.5, 0.6) is 0 Å². The molecule has 2 heterocycles. The van der Waals surface area contributed by atoms with Crippen LogP contribution in [0, 0.1) is 5.92 Å². The van der Waals surface area contributed by atoms with Crippen molar-refractivity contribution in [2.45, 2.75) is 25.5 Å². The fourth-order valence-corrected chi connectivity index (χ4v) is 2.03. The molecule has 1 unspecified atom stereocenters. The highest BCUT2D eigenvalue weighted by Crippen LogP contribution is 2.40. The molecule has 0 aromatic carbocycles. The van der Waals surface area contributed by atoms with Crippen LogP contribution in [-0.2, 0) is 13.6 Å². The predicted molar refractivity (Wildman–Crippen MR) is 62.2 cm³/mol. The lowest BCUT2D eigenvalue weighted by Crippen LogP contribution is -2.04. The summed E-state index contributed by atoms with van der Waals surface area (Å²) in [6, 6.07) is 1.99. The third-order valence-electron chi connectivity index (χ3n) is 3.31. The highest BCUT2D eigenvalue weighted by Gasteiger charge is 2.31. The molecule has 5 heteroatoms. The molecule has 5 nitrogen and oxygen atoms in total. The second-order valence-electron chi connectivity index (χ2n) is 4.76. The van der Waals surface area contributed by atoms with Crippen LogP contribution >= 0.6 is 0 Å². The minimum atomic E-state index is -0.296. The van der Waals surface area contributed by atoms with Gasteiger partial charge in [-0.05, 0) is 30.4 Å². The van der Waals surface area contributed by atoms with Crippen molar-refractivity contribution in [1.82, 2.24) is 19.3 Å². The average Bonchev–Trinajstić information content (AvgIpc) is 2.95. The van der Waals surface area contributed by atoms with Crippen molar-refractivity contribution in [2.75, 3.05) is 0 Å². The zero-order chi connectivity index (χ0) is 11.8. The number of aliphatic hydroxyl groups excluding tert-OH is 1. The molecule has 2 aromatic rings. The summed E-state index contributed by atoms with van der Waals surface area (Å²) in [7, 11) is 1.93. The van der Waals surface area contributed by atoms with Crippen molar-refractivity contribution in [2.24, 2.45) is 13.0 Å². The summed E-state index contributed by atoms with van der Waals surface area (Å²) in [5.74, 6) is 1.38. The molecule has 2 aromatic heterocycles. The standard InChI is InChI=1S/C12H16N4O/c1-15-8-13-14-11(15)7-16-5-4-10(6-16)12(17)9-2-3-9/h4-6,8-9,12,17H,2-3,7H2,1H3. The molecule has 1 atom stereocenters. The number of aromatic nitrogens is 4. The highest BCUT2D eigenvalue weighted by atomic mass is 16.3. The number of rotatable bonds is 4. The third kappa shape index (κ3) is 2.10. The van der Waals surface area contributed by atoms with Crippen LogP contribution in [0.4, 0.5) is 0 Å². The molecule has 1 aliphatic rings. The van der Waals surface area contributed by atoms with Gasteiger partial charge in [-0.25, -0.2) is 0 Å². The molecule has 0 bridgehead atoms. The largest absolute Gasteiger partial charge is 0.388 e. The number of aryl methyl sites for hydroxylation is 1. The number of nitrogens with zero attached hydrogens (tertiary/aromatic N) is 4. The lowest BCUT2D eigenvalue weighted by Gasteiger charge is -2.06. The molecule has 0 saturated heterocycles. The van der Waals surface area contributed by atoms with Gasteiger partial charge in [-0.2, -0.15) is 0 Å². The van der Waals surface area contributed by atoms with Gasteiger partial charge in [0.1, 0.15) is 6.33 Å². The fourth-order valence-electron chi connectivity index (χ4n) is 2.03. The Morgan fingerprint density at radius 3 is 3.00 bits per heavy atom. The smallest absolute Gasteiger partial charge is 0.152 e. The summed E-state index contributed by atoms with van der Waals surface area (Å²) in [6.45, 7) is 0.688. The summed E-state index contributed by atoms with van der Waals surface area (Å²) in [5, 5.41) is 17.9. The Kier molecular flexibility index (Phi) is 2.48. The maximum Gasteiger partial charge on any atom is 0.152 e. The monoisotopic (exact) mass is 232 g/mol. The first-order valence-corrected chi connectivity index (χ1v) is 5.90. The molecule has 0 radical (unpaired) electrons. The van der Waals surface area contributed by atoms with Crippen molar-refractivity contribution in [3.63, 3.8) is 0 Å². The summed E-state index contributed by atoms with van der Waals surface area (Å²) >= 11 is 0. The number of hydrogen-bond acceptors (Lipinski definition) is 3. The van der Waals surface area contributed by atoms with E-state index in [0.29, 0.717) is 12.5 Å². The molecule has 3 rings (SSSR count). The van der Waals surface area contributed by atoms with E-state index in [1.165, 1.54) is 0 Å². The molecular formula is C12H16N4O. The van der Waals surface area contributed by atoms with Crippen molar-refractivity contribution < 1.29 is 5.11 Å². The Morgan fingerprint density at radius 1 is 1.53 bits per heavy atom. The molecular weight excluding hydrogens is 216 g/mol. The van der Waals surface area contributed by atoms with E-state index in [1.54, 1.807) is 6.33 Å². The van der Waals surface area contributed by atoms with E-state index in [0.717, 1.165) is 24.2 Å². The lowest BCUT2D eigenvalue weighted by molar-refractivity contribution is 0.154. The minimum absolute atomic E-state index is 0.296. The Labute approximate surface area is 99.7 Å². The molecule has 1 saturated carbocycles. The van der Waals surface area contributed by atoms with Crippen molar-refractivity contribution >= 4 is 0 Å². The van der Waals surface area contributed by atoms with Crippen LogP contribution in [0.25, 0.3) is 0 Å². The van der Waals surface area contributed by atoms with E-state index >= 15 is 0 Å². The van der Waals surface area contributed by atoms with Gasteiger partial charge < -0.3 is 14.2 Å². The average molecular weight is 232 g/mol. The van der Waals surface area contributed by atoms with Crippen molar-refractivity contribution in [3.05, 3.63) is 36.2 Å². The van der Waals surface area contributed by atoms with Gasteiger partial charge in [-0.15, -0.1) is 10.2 Å². The van der Waals surface area contributed by atoms with Gasteiger partial charge in [0.05, 0.1) is 12.6 Å². The van der Waals surface area contributed by atoms with Gasteiger partial charge in [0.2, 0.25) is 0 Å². The van der Waals surface area contributed by atoms with E-state index < -0.39 is 0 Å². The number of aliphatic hydroxyl groups is 1. The summed E-state index contributed by atoms with van der Waals surface area (Å²) in [4.78, 5) is 0. The Morgan fingerprint density at radius 2 is 2.35 bits per heavy atom. The molecule has 0 amide bonds. The predicted octanol–water partition coefficient (Wildman–Crippen LogP) is 1.11. The molecule has 0 aliphatic heterocycles. The second kappa shape index (κ2) is 4.00. The van der Waals surface area contributed by atoms with Gasteiger partial charge in [0, 0.05) is 19.4 Å². The molecule has 17 heavy (non-hydrogen) atoms. The van der Waals surface area contributed by atoms with Crippen LogP contribution < -0.4 is 0 Å². The summed E-state index contributed by atoms with van der Waals surface area (Å²) in [5.41, 5.74) is 1.01. The maximum atomic E-state index is 10.0. The second-order valence-corrected chi connectivity index (χ2v) is 4.76. The van der Waals surface area contributed by atoms with Crippen LogP contribution in [-0.4, -0.2) is 24.4 Å². The molecule has 1 fully saturated rings. The van der Waals surface area contributed by atoms with Crippen molar-refractivity contribution in [3.8, 4) is 0 Å². The van der Waals surface area contributed by atoms with Gasteiger partial charge in [0.15, 0.2) is 5.82 Å². The quantitative estimate of drug-likeness (QED) is 0.859. The maximum absolute atomic E-state index is 10.0. The van der Waals surface area contributed by atoms with E-state index in [1.807, 2.05) is 34.6 Å². The van der Waals surface area contributed by atoms with Gasteiger partial charge >= 0.3 is 0 Å². The topological polar surface area (TPSA) is 55.9 Å². The lowest BCUT2D eigenvalue weighted by atomic mass is 10.1. The number of hydrogen-bond donors (Lipinski definition) is 1. The Bertz CT molecular complexity index is 512. The van der Waals surface area contributed by atoms with Gasteiger partial charge in [-0.3, -0.25) is 0 Å². The zero-order valence-electron chi connectivity index (χ0n) is 9.82. The first-order valence-electron chi connectivity index (χ1n) is 5.90.